The van der Waals surface area contributed by atoms with Crippen LogP contribution in [0.25, 0.3) is 0 Å². The van der Waals surface area contributed by atoms with Gasteiger partial charge in [-0.25, -0.2) is 0 Å². The van der Waals surface area contributed by atoms with Crippen LogP contribution in [0, 0.1) is 0 Å². The van der Waals surface area contributed by atoms with Crippen LogP contribution in [0.5, 0.6) is 0 Å². The maximum absolute atomic E-state index is 6.00. The SMILES string of the molecule is CCCCCc1ccc(C2CCC(CCC)OC2)cc1. The first kappa shape index (κ1) is 15.6. The van der Waals surface area contributed by atoms with Crippen molar-refractivity contribution < 1.29 is 4.74 Å². The van der Waals surface area contributed by atoms with Crippen LogP contribution in [-0.4, -0.2) is 12.7 Å². The summed E-state index contributed by atoms with van der Waals surface area (Å²) < 4.78 is 6.00. The number of aryl methyl sites for hydroxylation is 1. The molecule has 0 radical (unpaired) electrons. The molecule has 1 fully saturated rings. The molecular formula is C19H30O. The van der Waals surface area contributed by atoms with E-state index in [1.54, 1.807) is 0 Å². The molecule has 2 atom stereocenters. The molecule has 20 heavy (non-hydrogen) atoms. The predicted octanol–water partition coefficient (Wildman–Crippen LogP) is 5.48. The van der Waals surface area contributed by atoms with Crippen molar-refractivity contribution in [3.8, 4) is 0 Å². The van der Waals surface area contributed by atoms with Crippen LogP contribution in [0.15, 0.2) is 24.3 Å². The minimum atomic E-state index is 0.518. The summed E-state index contributed by atoms with van der Waals surface area (Å²) >= 11 is 0. The van der Waals surface area contributed by atoms with E-state index in [-0.39, 0.29) is 0 Å². The Bertz CT molecular complexity index is 360. The fraction of sp³-hybridized carbons (Fsp3) is 0.684. The molecule has 2 rings (SSSR count). The second kappa shape index (κ2) is 8.46. The molecular weight excluding hydrogens is 244 g/mol. The second-order valence-electron chi connectivity index (χ2n) is 6.22. The Kier molecular flexibility index (Phi) is 6.59. The fourth-order valence-electron chi connectivity index (χ4n) is 3.15. The van der Waals surface area contributed by atoms with Gasteiger partial charge in [-0.3, -0.25) is 0 Å². The van der Waals surface area contributed by atoms with E-state index in [0.29, 0.717) is 12.0 Å². The van der Waals surface area contributed by atoms with Crippen molar-refractivity contribution in [2.24, 2.45) is 0 Å². The summed E-state index contributed by atoms with van der Waals surface area (Å²) in [6.45, 7) is 5.42. The molecule has 0 N–H and O–H groups in total. The highest BCUT2D eigenvalue weighted by Gasteiger charge is 2.22. The van der Waals surface area contributed by atoms with Gasteiger partial charge in [-0.05, 0) is 43.2 Å². The predicted molar refractivity (Wildman–Crippen MR) is 86.3 cm³/mol. The highest BCUT2D eigenvalue weighted by Crippen LogP contribution is 2.29. The molecule has 1 saturated heterocycles. The monoisotopic (exact) mass is 274 g/mol. The van der Waals surface area contributed by atoms with Crippen molar-refractivity contribution in [1.29, 1.82) is 0 Å². The van der Waals surface area contributed by atoms with E-state index < -0.39 is 0 Å². The van der Waals surface area contributed by atoms with Crippen LogP contribution in [0.3, 0.4) is 0 Å². The molecule has 1 heteroatoms. The molecule has 1 heterocycles. The molecule has 0 spiro atoms. The third-order valence-electron chi connectivity index (χ3n) is 4.50. The number of benzene rings is 1. The highest BCUT2D eigenvalue weighted by atomic mass is 16.5. The van der Waals surface area contributed by atoms with E-state index in [4.69, 9.17) is 4.74 Å². The largest absolute Gasteiger partial charge is 0.378 e. The van der Waals surface area contributed by atoms with Crippen molar-refractivity contribution in [2.75, 3.05) is 6.61 Å². The minimum Gasteiger partial charge on any atom is -0.378 e. The van der Waals surface area contributed by atoms with Gasteiger partial charge in [0.2, 0.25) is 0 Å². The summed E-state index contributed by atoms with van der Waals surface area (Å²) in [7, 11) is 0. The quantitative estimate of drug-likeness (QED) is 0.598. The molecule has 0 aromatic heterocycles. The van der Waals surface area contributed by atoms with Gasteiger partial charge in [0.15, 0.2) is 0 Å². The normalized spacial score (nSPS) is 22.9. The van der Waals surface area contributed by atoms with Crippen LogP contribution in [0.4, 0.5) is 0 Å². The standard InChI is InChI=1S/C19H30O/c1-3-5-6-8-16-9-11-17(12-10-16)18-13-14-19(7-4-2)20-15-18/h9-12,18-19H,3-8,13-15H2,1-2H3. The zero-order chi connectivity index (χ0) is 14.2. The third kappa shape index (κ3) is 4.63. The molecule has 1 aromatic carbocycles. The van der Waals surface area contributed by atoms with Crippen LogP contribution in [0.2, 0.25) is 0 Å². The van der Waals surface area contributed by atoms with Gasteiger partial charge < -0.3 is 4.74 Å². The van der Waals surface area contributed by atoms with Crippen molar-refractivity contribution >= 4 is 0 Å². The summed E-state index contributed by atoms with van der Waals surface area (Å²) in [4.78, 5) is 0. The first-order chi connectivity index (χ1) is 9.83. The first-order valence-corrected chi connectivity index (χ1v) is 8.54. The molecule has 1 nitrogen and oxygen atoms in total. The maximum Gasteiger partial charge on any atom is 0.0575 e. The average Bonchev–Trinajstić information content (AvgIpc) is 2.49. The van der Waals surface area contributed by atoms with Gasteiger partial charge in [0.1, 0.15) is 0 Å². The number of unbranched alkanes of at least 4 members (excludes halogenated alkanes) is 2. The second-order valence-corrected chi connectivity index (χ2v) is 6.22. The van der Waals surface area contributed by atoms with Crippen molar-refractivity contribution in [1.82, 2.24) is 0 Å². The lowest BCUT2D eigenvalue weighted by Gasteiger charge is -2.29. The van der Waals surface area contributed by atoms with Gasteiger partial charge in [-0.1, -0.05) is 57.4 Å². The van der Waals surface area contributed by atoms with Crippen molar-refractivity contribution in [3.05, 3.63) is 35.4 Å². The van der Waals surface area contributed by atoms with E-state index in [1.165, 1.54) is 62.5 Å². The zero-order valence-electron chi connectivity index (χ0n) is 13.2. The van der Waals surface area contributed by atoms with Crippen LogP contribution >= 0.6 is 0 Å². The van der Waals surface area contributed by atoms with Crippen LogP contribution < -0.4 is 0 Å². The average molecular weight is 274 g/mol. The molecule has 0 amide bonds. The van der Waals surface area contributed by atoms with E-state index in [0.717, 1.165) is 6.61 Å². The number of hydrogen-bond donors (Lipinski definition) is 0. The summed E-state index contributed by atoms with van der Waals surface area (Å²) in [6, 6.07) is 9.30. The van der Waals surface area contributed by atoms with Crippen LogP contribution in [0.1, 0.15) is 75.8 Å². The van der Waals surface area contributed by atoms with E-state index >= 15 is 0 Å². The number of hydrogen-bond acceptors (Lipinski definition) is 1. The molecule has 1 aliphatic heterocycles. The first-order valence-electron chi connectivity index (χ1n) is 8.54. The number of ether oxygens (including phenoxy) is 1. The molecule has 0 saturated carbocycles. The Morgan fingerprint density at radius 3 is 2.40 bits per heavy atom. The number of rotatable bonds is 7. The molecule has 0 aliphatic carbocycles. The van der Waals surface area contributed by atoms with Gasteiger partial charge in [0.05, 0.1) is 12.7 Å². The molecule has 112 valence electrons. The summed E-state index contributed by atoms with van der Waals surface area (Å²) in [5.41, 5.74) is 2.96. The van der Waals surface area contributed by atoms with Crippen LogP contribution in [-0.2, 0) is 11.2 Å². The fourth-order valence-corrected chi connectivity index (χ4v) is 3.15. The molecule has 0 bridgehead atoms. The lowest BCUT2D eigenvalue weighted by Crippen LogP contribution is -2.24. The Hall–Kier alpha value is -0.820. The van der Waals surface area contributed by atoms with E-state index in [1.807, 2.05) is 0 Å². The summed E-state index contributed by atoms with van der Waals surface area (Å²) in [6.07, 6.45) is 10.7. The van der Waals surface area contributed by atoms with Gasteiger partial charge in [0, 0.05) is 5.92 Å². The lowest BCUT2D eigenvalue weighted by atomic mass is 9.89. The Morgan fingerprint density at radius 1 is 1.00 bits per heavy atom. The minimum absolute atomic E-state index is 0.518. The zero-order valence-corrected chi connectivity index (χ0v) is 13.2. The maximum atomic E-state index is 6.00. The van der Waals surface area contributed by atoms with Crippen molar-refractivity contribution in [2.45, 2.75) is 77.2 Å². The topological polar surface area (TPSA) is 9.23 Å². The molecule has 2 unspecified atom stereocenters. The Balaban J connectivity index is 1.81. The van der Waals surface area contributed by atoms with Gasteiger partial charge in [-0.15, -0.1) is 0 Å². The Morgan fingerprint density at radius 2 is 1.80 bits per heavy atom. The van der Waals surface area contributed by atoms with Gasteiger partial charge in [0.25, 0.3) is 0 Å². The van der Waals surface area contributed by atoms with Gasteiger partial charge >= 0.3 is 0 Å². The van der Waals surface area contributed by atoms with E-state index in [2.05, 4.69) is 38.1 Å². The Labute approximate surface area is 124 Å². The van der Waals surface area contributed by atoms with Gasteiger partial charge in [-0.2, -0.15) is 0 Å². The smallest absolute Gasteiger partial charge is 0.0575 e. The van der Waals surface area contributed by atoms with Crippen molar-refractivity contribution in [3.63, 3.8) is 0 Å². The highest BCUT2D eigenvalue weighted by molar-refractivity contribution is 5.26. The summed E-state index contributed by atoms with van der Waals surface area (Å²) in [5.74, 6) is 0.618. The summed E-state index contributed by atoms with van der Waals surface area (Å²) in [5, 5.41) is 0. The molecule has 1 aromatic rings. The molecule has 1 aliphatic rings. The third-order valence-corrected chi connectivity index (χ3v) is 4.50. The lowest BCUT2D eigenvalue weighted by molar-refractivity contribution is -0.00111. The van der Waals surface area contributed by atoms with E-state index in [9.17, 15) is 0 Å².